The molecule has 1 saturated heterocycles. The molecule has 3 aromatic heterocycles. The molecule has 0 bridgehead atoms. The number of benzene rings is 2. The first-order valence-corrected chi connectivity index (χ1v) is 13.2. The first-order valence-electron chi connectivity index (χ1n) is 12.0. The van der Waals surface area contributed by atoms with Crippen LogP contribution in [0, 0.1) is 5.41 Å². The molecule has 0 amide bonds. The molecule has 1 aliphatic carbocycles. The number of nitrogens with zero attached hydrogens (tertiary/aromatic N) is 7. The summed E-state index contributed by atoms with van der Waals surface area (Å²) in [7, 11) is 0. The molecule has 2 aliphatic rings. The molecule has 2 aromatic carbocycles. The van der Waals surface area contributed by atoms with Gasteiger partial charge in [0.1, 0.15) is 16.7 Å². The summed E-state index contributed by atoms with van der Waals surface area (Å²) < 4.78 is 1.58. The lowest BCUT2D eigenvalue weighted by Gasteiger charge is -2.42. The molecule has 0 radical (unpaired) electrons. The third-order valence-corrected chi connectivity index (χ3v) is 9.02. The van der Waals surface area contributed by atoms with E-state index in [9.17, 15) is 0 Å². The Labute approximate surface area is 227 Å². The first kappa shape index (κ1) is 23.1. The summed E-state index contributed by atoms with van der Waals surface area (Å²) in [5.74, 6) is 0.649. The number of anilines is 1. The van der Waals surface area contributed by atoms with E-state index >= 15 is 0 Å². The van der Waals surface area contributed by atoms with Crippen molar-refractivity contribution >= 4 is 62.8 Å². The van der Waals surface area contributed by atoms with Crippen LogP contribution >= 0.6 is 34.8 Å². The van der Waals surface area contributed by atoms with Crippen LogP contribution < -0.4 is 10.6 Å². The van der Waals surface area contributed by atoms with Crippen LogP contribution in [0.4, 0.5) is 5.95 Å². The zero-order chi connectivity index (χ0) is 25.3. The topological polar surface area (TPSA) is 98.6 Å². The minimum absolute atomic E-state index is 0.0675. The van der Waals surface area contributed by atoms with E-state index in [0.717, 1.165) is 37.7 Å². The standard InChI is InChI=1S/C26H21Cl3N8/c27-17-18(28)22(19(29)21-20(17)31-7-8-32-21)37-13-15-12-33-25(34-24(15)35-37)36-9-5-26(6-10-36)11-14-3-1-2-4-16(14)23(26)30/h1-4,7-8,12-13,23H,5-6,9-11,30H2/t23-/m1/s1. The minimum atomic E-state index is 0.0675. The second-order valence-electron chi connectivity index (χ2n) is 9.77. The Kier molecular flexibility index (Phi) is 5.30. The number of rotatable bonds is 2. The molecule has 0 unspecified atom stereocenters. The van der Waals surface area contributed by atoms with Crippen LogP contribution in [0.3, 0.4) is 0 Å². The van der Waals surface area contributed by atoms with E-state index in [2.05, 4.69) is 49.2 Å². The SMILES string of the molecule is N[C@@H]1c2ccccc2CC12CCN(c1ncc3cn(-c4c(Cl)c(Cl)c5nccnc5c4Cl)nc3n1)CC2. The van der Waals surface area contributed by atoms with Gasteiger partial charge in [-0.25, -0.2) is 9.67 Å². The van der Waals surface area contributed by atoms with Crippen molar-refractivity contribution in [3.05, 3.63) is 75.2 Å². The molecule has 1 aliphatic heterocycles. The molecule has 1 spiro atoms. The number of hydrogen-bond donors (Lipinski definition) is 1. The second-order valence-corrected chi connectivity index (χ2v) is 10.9. The zero-order valence-electron chi connectivity index (χ0n) is 19.6. The van der Waals surface area contributed by atoms with E-state index in [1.807, 2.05) is 0 Å². The molecule has 4 heterocycles. The van der Waals surface area contributed by atoms with Gasteiger partial charge in [-0.15, -0.1) is 5.10 Å². The lowest BCUT2D eigenvalue weighted by Crippen LogP contribution is -2.44. The van der Waals surface area contributed by atoms with Crippen LogP contribution in [0.25, 0.3) is 27.8 Å². The summed E-state index contributed by atoms with van der Waals surface area (Å²) in [6.45, 7) is 1.68. The van der Waals surface area contributed by atoms with Crippen molar-refractivity contribution in [1.82, 2.24) is 29.7 Å². The van der Waals surface area contributed by atoms with E-state index in [4.69, 9.17) is 45.5 Å². The molecule has 11 heteroatoms. The number of halogens is 3. The summed E-state index contributed by atoms with van der Waals surface area (Å²) in [6.07, 6.45) is 9.66. The monoisotopic (exact) mass is 550 g/mol. The van der Waals surface area contributed by atoms with Gasteiger partial charge in [-0.3, -0.25) is 9.97 Å². The average Bonchev–Trinajstić information content (AvgIpc) is 3.46. The van der Waals surface area contributed by atoms with E-state index < -0.39 is 0 Å². The Morgan fingerprint density at radius 3 is 2.41 bits per heavy atom. The van der Waals surface area contributed by atoms with Gasteiger partial charge in [-0.2, -0.15) is 4.98 Å². The molecule has 37 heavy (non-hydrogen) atoms. The Morgan fingerprint density at radius 1 is 0.919 bits per heavy atom. The molecule has 1 fully saturated rings. The number of nitrogens with two attached hydrogens (primary N) is 1. The van der Waals surface area contributed by atoms with Gasteiger partial charge in [0.2, 0.25) is 5.95 Å². The fraction of sp³-hybridized carbons (Fsp3) is 0.269. The van der Waals surface area contributed by atoms with E-state index in [0.29, 0.717) is 33.3 Å². The number of aromatic nitrogens is 6. The maximum Gasteiger partial charge on any atom is 0.227 e. The molecule has 1 atom stereocenters. The summed E-state index contributed by atoms with van der Waals surface area (Å²) >= 11 is 19.8. The highest BCUT2D eigenvalue weighted by atomic mass is 35.5. The van der Waals surface area contributed by atoms with Crippen molar-refractivity contribution in [1.29, 1.82) is 0 Å². The van der Waals surface area contributed by atoms with Crippen LogP contribution in [-0.4, -0.2) is 42.8 Å². The Hall–Kier alpha value is -3.04. The molecule has 5 aromatic rings. The van der Waals surface area contributed by atoms with Gasteiger partial charge >= 0.3 is 0 Å². The fourth-order valence-corrected chi connectivity index (χ4v) is 6.67. The fourth-order valence-electron chi connectivity index (χ4n) is 5.81. The minimum Gasteiger partial charge on any atom is -0.341 e. The van der Waals surface area contributed by atoms with Crippen molar-refractivity contribution in [3.63, 3.8) is 0 Å². The van der Waals surface area contributed by atoms with E-state index in [1.165, 1.54) is 11.1 Å². The van der Waals surface area contributed by atoms with Crippen molar-refractivity contribution in [3.8, 4) is 5.69 Å². The van der Waals surface area contributed by atoms with Crippen molar-refractivity contribution in [2.75, 3.05) is 18.0 Å². The van der Waals surface area contributed by atoms with Crippen molar-refractivity contribution < 1.29 is 0 Å². The van der Waals surface area contributed by atoms with Crippen molar-refractivity contribution in [2.45, 2.75) is 25.3 Å². The predicted molar refractivity (Wildman–Crippen MR) is 146 cm³/mol. The van der Waals surface area contributed by atoms with E-state index in [-0.39, 0.29) is 21.5 Å². The van der Waals surface area contributed by atoms with Crippen LogP contribution in [-0.2, 0) is 6.42 Å². The van der Waals surface area contributed by atoms with Crippen molar-refractivity contribution in [2.24, 2.45) is 11.1 Å². The summed E-state index contributed by atoms with van der Waals surface area (Å²) in [5, 5.41) is 6.25. The highest BCUT2D eigenvalue weighted by molar-refractivity contribution is 6.49. The van der Waals surface area contributed by atoms with Gasteiger partial charge in [-0.05, 0) is 35.8 Å². The highest BCUT2D eigenvalue weighted by Gasteiger charge is 2.46. The largest absolute Gasteiger partial charge is 0.341 e. The number of fused-ring (bicyclic) bond motifs is 3. The molecular weight excluding hydrogens is 531 g/mol. The quantitative estimate of drug-likeness (QED) is 0.287. The number of hydrogen-bond acceptors (Lipinski definition) is 7. The molecule has 0 saturated carbocycles. The third kappa shape index (κ3) is 3.50. The summed E-state index contributed by atoms with van der Waals surface area (Å²) in [5.41, 5.74) is 11.4. The molecular formula is C26H21Cl3N8. The third-order valence-electron chi connectivity index (χ3n) is 7.83. The van der Waals surface area contributed by atoms with E-state index in [1.54, 1.807) is 29.5 Å². The number of piperidine rings is 1. The Balaban J connectivity index is 1.19. The van der Waals surface area contributed by atoms with Gasteiger partial charge in [0.05, 0.1) is 20.5 Å². The Morgan fingerprint density at radius 2 is 1.65 bits per heavy atom. The predicted octanol–water partition coefficient (Wildman–Crippen LogP) is 5.56. The van der Waals surface area contributed by atoms with Gasteiger partial charge in [0.25, 0.3) is 0 Å². The van der Waals surface area contributed by atoms with Crippen LogP contribution in [0.2, 0.25) is 15.1 Å². The van der Waals surface area contributed by atoms with Gasteiger partial charge < -0.3 is 10.6 Å². The maximum atomic E-state index is 6.74. The Bertz CT molecular complexity index is 1690. The lowest BCUT2D eigenvalue weighted by molar-refractivity contribution is 0.187. The molecule has 7 rings (SSSR count). The van der Waals surface area contributed by atoms with Crippen LogP contribution in [0.5, 0.6) is 0 Å². The molecule has 186 valence electrons. The van der Waals surface area contributed by atoms with Crippen LogP contribution in [0.15, 0.2) is 49.1 Å². The van der Waals surface area contributed by atoms with Gasteiger partial charge in [0.15, 0.2) is 5.65 Å². The highest BCUT2D eigenvalue weighted by Crippen LogP contribution is 2.51. The smallest absolute Gasteiger partial charge is 0.227 e. The van der Waals surface area contributed by atoms with Crippen LogP contribution in [0.1, 0.15) is 30.0 Å². The summed E-state index contributed by atoms with van der Waals surface area (Å²) in [4.78, 5) is 20.2. The lowest BCUT2D eigenvalue weighted by atomic mass is 9.73. The molecule has 8 nitrogen and oxygen atoms in total. The summed E-state index contributed by atoms with van der Waals surface area (Å²) in [6, 6.07) is 8.62. The molecule has 2 N–H and O–H groups in total. The van der Waals surface area contributed by atoms with Gasteiger partial charge in [-0.1, -0.05) is 59.1 Å². The zero-order valence-corrected chi connectivity index (χ0v) is 21.8. The average molecular weight is 552 g/mol. The first-order chi connectivity index (χ1) is 17.9. The maximum absolute atomic E-state index is 6.74. The van der Waals surface area contributed by atoms with Gasteiger partial charge in [0, 0.05) is 43.9 Å². The second kappa shape index (κ2) is 8.49. The normalized spacial score (nSPS) is 18.7.